The number of guanidine groups is 1. The van der Waals surface area contributed by atoms with Gasteiger partial charge < -0.3 is 15.8 Å². The van der Waals surface area contributed by atoms with Crippen molar-refractivity contribution in [2.75, 3.05) is 12.4 Å². The van der Waals surface area contributed by atoms with Crippen molar-refractivity contribution in [1.29, 1.82) is 0 Å². The van der Waals surface area contributed by atoms with E-state index in [2.05, 4.69) is 15.0 Å². The molecule has 82 valence electrons. The zero-order chi connectivity index (χ0) is 11.3. The molecule has 0 saturated heterocycles. The molecule has 0 aliphatic rings. The molecule has 0 aromatic heterocycles. The molecule has 1 aromatic carbocycles. The highest BCUT2D eigenvalue weighted by Gasteiger charge is 2.04. The number of hydrogen-bond donors (Lipinski definition) is 2. The van der Waals surface area contributed by atoms with Crippen molar-refractivity contribution < 1.29 is 13.5 Å². The van der Waals surface area contributed by atoms with Crippen molar-refractivity contribution in [1.82, 2.24) is 0 Å². The number of halogens is 2. The molecule has 1 aromatic rings. The largest absolute Gasteiger partial charge is 0.435 e. The summed E-state index contributed by atoms with van der Waals surface area (Å²) in [6.07, 6.45) is 0. The first kappa shape index (κ1) is 11.2. The summed E-state index contributed by atoms with van der Waals surface area (Å²) in [5, 5.41) is 2.71. The maximum Gasteiger partial charge on any atom is 0.387 e. The van der Waals surface area contributed by atoms with Crippen molar-refractivity contribution in [3.05, 3.63) is 24.3 Å². The molecule has 0 aliphatic carbocycles. The van der Waals surface area contributed by atoms with Crippen LogP contribution < -0.4 is 15.8 Å². The van der Waals surface area contributed by atoms with E-state index in [0.29, 0.717) is 5.69 Å². The molecule has 0 unspecified atom stereocenters. The van der Waals surface area contributed by atoms with Gasteiger partial charge in [0.05, 0.1) is 0 Å². The summed E-state index contributed by atoms with van der Waals surface area (Å²) in [6, 6.07) is 6.07. The van der Waals surface area contributed by atoms with Gasteiger partial charge in [0, 0.05) is 18.8 Å². The van der Waals surface area contributed by atoms with Gasteiger partial charge in [-0.05, 0) is 12.1 Å². The highest BCUT2D eigenvalue weighted by Crippen LogP contribution is 2.18. The van der Waals surface area contributed by atoms with Crippen LogP contribution in [0.1, 0.15) is 0 Å². The van der Waals surface area contributed by atoms with Gasteiger partial charge in [0.25, 0.3) is 0 Å². The van der Waals surface area contributed by atoms with E-state index >= 15 is 0 Å². The van der Waals surface area contributed by atoms with Gasteiger partial charge in [-0.3, -0.25) is 4.99 Å². The summed E-state index contributed by atoms with van der Waals surface area (Å²) >= 11 is 0. The third-order valence-corrected chi connectivity index (χ3v) is 1.57. The Bertz CT molecular complexity index is 355. The summed E-state index contributed by atoms with van der Waals surface area (Å²) in [7, 11) is 1.52. The summed E-state index contributed by atoms with van der Waals surface area (Å²) in [6.45, 7) is -2.84. The summed E-state index contributed by atoms with van der Waals surface area (Å²) in [5.74, 6) is 0.267. The zero-order valence-electron chi connectivity index (χ0n) is 8.08. The molecule has 6 heteroatoms. The lowest BCUT2D eigenvalue weighted by Crippen LogP contribution is -2.21. The lowest BCUT2D eigenvalue weighted by molar-refractivity contribution is -0.0497. The van der Waals surface area contributed by atoms with E-state index in [9.17, 15) is 8.78 Å². The Labute approximate surface area is 85.8 Å². The van der Waals surface area contributed by atoms with Crippen molar-refractivity contribution in [3.63, 3.8) is 0 Å². The molecule has 0 saturated carbocycles. The van der Waals surface area contributed by atoms with Crippen LogP contribution in [-0.4, -0.2) is 19.6 Å². The monoisotopic (exact) mass is 215 g/mol. The van der Waals surface area contributed by atoms with Gasteiger partial charge in [-0.25, -0.2) is 0 Å². The minimum absolute atomic E-state index is 0.0684. The SMILES string of the molecule is CN=C(N)Nc1cccc(OC(F)F)c1. The Kier molecular flexibility index (Phi) is 3.84. The summed E-state index contributed by atoms with van der Waals surface area (Å²) in [5.41, 5.74) is 5.94. The van der Waals surface area contributed by atoms with E-state index in [-0.39, 0.29) is 11.7 Å². The highest BCUT2D eigenvalue weighted by molar-refractivity contribution is 5.92. The number of nitrogens with two attached hydrogens (primary N) is 1. The van der Waals surface area contributed by atoms with Crippen molar-refractivity contribution in [2.45, 2.75) is 6.61 Å². The average Bonchev–Trinajstić information content (AvgIpc) is 2.17. The van der Waals surface area contributed by atoms with Crippen LogP contribution in [0.15, 0.2) is 29.3 Å². The highest BCUT2D eigenvalue weighted by atomic mass is 19.3. The molecule has 0 spiro atoms. The first-order chi connectivity index (χ1) is 7.11. The predicted octanol–water partition coefficient (Wildman–Crippen LogP) is 1.64. The third kappa shape index (κ3) is 3.80. The average molecular weight is 215 g/mol. The number of ether oxygens (including phenoxy) is 1. The van der Waals surface area contributed by atoms with Crippen molar-refractivity contribution in [2.24, 2.45) is 10.7 Å². The van der Waals surface area contributed by atoms with Crippen LogP contribution in [0.4, 0.5) is 14.5 Å². The van der Waals surface area contributed by atoms with Gasteiger partial charge in [-0.15, -0.1) is 0 Å². The van der Waals surface area contributed by atoms with Gasteiger partial charge in [-0.2, -0.15) is 8.78 Å². The fourth-order valence-corrected chi connectivity index (χ4v) is 0.954. The first-order valence-electron chi connectivity index (χ1n) is 4.16. The van der Waals surface area contributed by atoms with Gasteiger partial charge >= 0.3 is 6.61 Å². The number of rotatable bonds is 3. The second kappa shape index (κ2) is 5.14. The zero-order valence-corrected chi connectivity index (χ0v) is 8.08. The fraction of sp³-hybridized carbons (Fsp3) is 0.222. The number of nitrogens with zero attached hydrogens (tertiary/aromatic N) is 1. The second-order valence-electron chi connectivity index (χ2n) is 2.64. The first-order valence-corrected chi connectivity index (χ1v) is 4.16. The molecule has 0 atom stereocenters. The molecule has 3 N–H and O–H groups in total. The number of benzene rings is 1. The Morgan fingerprint density at radius 3 is 2.87 bits per heavy atom. The third-order valence-electron chi connectivity index (χ3n) is 1.57. The van der Waals surface area contributed by atoms with Crippen LogP contribution in [-0.2, 0) is 0 Å². The van der Waals surface area contributed by atoms with Crippen molar-refractivity contribution >= 4 is 11.6 Å². The van der Waals surface area contributed by atoms with E-state index in [1.54, 1.807) is 12.1 Å². The molecule has 1 rings (SSSR count). The minimum atomic E-state index is -2.84. The van der Waals surface area contributed by atoms with Crippen LogP contribution in [0.25, 0.3) is 0 Å². The van der Waals surface area contributed by atoms with E-state index in [1.165, 1.54) is 19.2 Å². The summed E-state index contributed by atoms with van der Waals surface area (Å²) in [4.78, 5) is 3.67. The molecule has 0 fully saturated rings. The van der Waals surface area contributed by atoms with Crippen LogP contribution >= 0.6 is 0 Å². The number of anilines is 1. The molecule has 15 heavy (non-hydrogen) atoms. The van der Waals surface area contributed by atoms with Crippen LogP contribution in [0, 0.1) is 0 Å². The van der Waals surface area contributed by atoms with Crippen LogP contribution in [0.2, 0.25) is 0 Å². The van der Waals surface area contributed by atoms with E-state index < -0.39 is 6.61 Å². The molecular weight excluding hydrogens is 204 g/mol. The van der Waals surface area contributed by atoms with Crippen molar-refractivity contribution in [3.8, 4) is 5.75 Å². The summed E-state index contributed by atoms with van der Waals surface area (Å²) < 4.78 is 28.0. The van der Waals surface area contributed by atoms with Gasteiger partial charge in [0.1, 0.15) is 5.75 Å². The second-order valence-corrected chi connectivity index (χ2v) is 2.64. The maximum atomic E-state index is 11.9. The molecule has 0 radical (unpaired) electrons. The van der Waals surface area contributed by atoms with Crippen LogP contribution in [0.3, 0.4) is 0 Å². The molecule has 0 amide bonds. The molecule has 0 aliphatic heterocycles. The number of alkyl halides is 2. The number of hydrogen-bond acceptors (Lipinski definition) is 2. The minimum Gasteiger partial charge on any atom is -0.435 e. The Morgan fingerprint density at radius 2 is 2.27 bits per heavy atom. The lowest BCUT2D eigenvalue weighted by atomic mass is 10.3. The van der Waals surface area contributed by atoms with E-state index in [1.807, 2.05) is 0 Å². The Balaban J connectivity index is 2.74. The topological polar surface area (TPSA) is 59.6 Å². The molecule has 0 heterocycles. The molecule has 4 nitrogen and oxygen atoms in total. The smallest absolute Gasteiger partial charge is 0.387 e. The van der Waals surface area contributed by atoms with Gasteiger partial charge in [-0.1, -0.05) is 6.07 Å². The fourth-order valence-electron chi connectivity index (χ4n) is 0.954. The lowest BCUT2D eigenvalue weighted by Gasteiger charge is -2.07. The maximum absolute atomic E-state index is 11.9. The number of nitrogens with one attached hydrogen (secondary N) is 1. The molecular formula is C9H11F2N3O. The standard InChI is InChI=1S/C9H11F2N3O/c1-13-9(12)14-6-3-2-4-7(5-6)15-8(10)11/h2-5,8H,1H3,(H3,12,13,14). The van der Waals surface area contributed by atoms with E-state index in [4.69, 9.17) is 5.73 Å². The number of aliphatic imine (C=N–C) groups is 1. The van der Waals surface area contributed by atoms with E-state index in [0.717, 1.165) is 0 Å². The normalized spacial score (nSPS) is 11.6. The Morgan fingerprint density at radius 1 is 1.53 bits per heavy atom. The van der Waals surface area contributed by atoms with Gasteiger partial charge in [0.2, 0.25) is 0 Å². The van der Waals surface area contributed by atoms with Gasteiger partial charge in [0.15, 0.2) is 5.96 Å². The Hall–Kier alpha value is -1.85. The molecule has 0 bridgehead atoms. The quantitative estimate of drug-likeness (QED) is 0.595. The van der Waals surface area contributed by atoms with Crippen LogP contribution in [0.5, 0.6) is 5.75 Å². The predicted molar refractivity (Wildman–Crippen MR) is 54.2 cm³/mol.